The van der Waals surface area contributed by atoms with Gasteiger partial charge in [0, 0.05) is 42.8 Å². The predicted molar refractivity (Wildman–Crippen MR) is 113 cm³/mol. The maximum absolute atomic E-state index is 13.1. The van der Waals surface area contributed by atoms with Gasteiger partial charge in [-0.1, -0.05) is 12.8 Å². The van der Waals surface area contributed by atoms with E-state index in [4.69, 9.17) is 4.74 Å². The average Bonchev–Trinajstić information content (AvgIpc) is 3.02. The van der Waals surface area contributed by atoms with Crippen molar-refractivity contribution in [3.8, 4) is 0 Å². The molecule has 1 atom stereocenters. The Labute approximate surface area is 174 Å². The molecule has 0 spiro atoms. The van der Waals surface area contributed by atoms with E-state index in [9.17, 15) is 19.7 Å². The van der Waals surface area contributed by atoms with E-state index in [0.717, 1.165) is 44.5 Å². The highest BCUT2D eigenvalue weighted by Gasteiger charge is 2.35. The molecule has 1 aromatic rings. The SMILES string of the molecule is CCOC(=O)C1CSCCN1C(=O)c1ccc(N2CCCCCC2)c([N+](=O)[O-])c1. The summed E-state index contributed by atoms with van der Waals surface area (Å²) in [6.07, 6.45) is 4.27. The summed E-state index contributed by atoms with van der Waals surface area (Å²) in [5.41, 5.74) is 0.734. The van der Waals surface area contributed by atoms with Gasteiger partial charge < -0.3 is 14.5 Å². The maximum Gasteiger partial charge on any atom is 0.329 e. The highest BCUT2D eigenvalue weighted by molar-refractivity contribution is 7.99. The minimum atomic E-state index is -0.662. The fraction of sp³-hybridized carbons (Fsp3) is 0.600. The van der Waals surface area contributed by atoms with Gasteiger partial charge in [-0.25, -0.2) is 4.79 Å². The first-order chi connectivity index (χ1) is 14.0. The third kappa shape index (κ3) is 5.01. The number of carbonyl (C=O) groups is 2. The fourth-order valence-corrected chi connectivity index (χ4v) is 4.86. The van der Waals surface area contributed by atoms with Crippen molar-refractivity contribution in [1.29, 1.82) is 0 Å². The van der Waals surface area contributed by atoms with Crippen molar-refractivity contribution in [2.75, 3.05) is 42.6 Å². The Balaban J connectivity index is 1.87. The van der Waals surface area contributed by atoms with Crippen molar-refractivity contribution >= 4 is 35.0 Å². The molecule has 8 nitrogen and oxygen atoms in total. The van der Waals surface area contributed by atoms with E-state index in [1.165, 1.54) is 11.0 Å². The normalized spacial score (nSPS) is 20.1. The van der Waals surface area contributed by atoms with E-state index in [2.05, 4.69) is 0 Å². The first-order valence-corrected chi connectivity index (χ1v) is 11.3. The van der Waals surface area contributed by atoms with Crippen LogP contribution in [0.5, 0.6) is 0 Å². The van der Waals surface area contributed by atoms with Crippen molar-refractivity contribution in [2.45, 2.75) is 38.6 Å². The molecular formula is C20H27N3O5S. The third-order valence-corrected chi connectivity index (χ3v) is 6.34. The summed E-state index contributed by atoms with van der Waals surface area (Å²) in [7, 11) is 0. The second-order valence-electron chi connectivity index (χ2n) is 7.20. The van der Waals surface area contributed by atoms with E-state index in [-0.39, 0.29) is 23.8 Å². The molecule has 0 saturated carbocycles. The standard InChI is InChI=1S/C20H27N3O5S/c1-2-28-20(25)18-14-29-12-11-22(18)19(24)15-7-8-16(17(13-15)23(26)27)21-9-5-3-4-6-10-21/h7-8,13,18H,2-6,9-12,14H2,1H3. The summed E-state index contributed by atoms with van der Waals surface area (Å²) < 4.78 is 5.11. The Morgan fingerprint density at radius 2 is 1.93 bits per heavy atom. The molecule has 0 bridgehead atoms. The van der Waals surface area contributed by atoms with Crippen LogP contribution in [-0.4, -0.2) is 65.5 Å². The molecule has 3 rings (SSSR count). The Morgan fingerprint density at radius 3 is 2.59 bits per heavy atom. The molecule has 2 fully saturated rings. The van der Waals surface area contributed by atoms with Crippen molar-refractivity contribution in [1.82, 2.24) is 4.90 Å². The summed E-state index contributed by atoms with van der Waals surface area (Å²) >= 11 is 1.60. The zero-order chi connectivity index (χ0) is 20.8. The van der Waals surface area contributed by atoms with Crippen LogP contribution in [0, 0.1) is 10.1 Å². The van der Waals surface area contributed by atoms with Crippen molar-refractivity contribution < 1.29 is 19.2 Å². The largest absolute Gasteiger partial charge is 0.464 e. The summed E-state index contributed by atoms with van der Waals surface area (Å²) in [6, 6.07) is 4.01. The van der Waals surface area contributed by atoms with Gasteiger partial charge in [0.15, 0.2) is 0 Å². The first-order valence-electron chi connectivity index (χ1n) is 10.1. The fourth-order valence-electron chi connectivity index (χ4n) is 3.83. The smallest absolute Gasteiger partial charge is 0.329 e. The lowest BCUT2D eigenvalue weighted by Gasteiger charge is -2.33. The lowest BCUT2D eigenvalue weighted by Crippen LogP contribution is -2.51. The highest BCUT2D eigenvalue weighted by Crippen LogP contribution is 2.32. The van der Waals surface area contributed by atoms with Crippen LogP contribution in [-0.2, 0) is 9.53 Å². The van der Waals surface area contributed by atoms with E-state index < -0.39 is 16.9 Å². The second kappa shape index (κ2) is 9.96. The van der Waals surface area contributed by atoms with Crippen molar-refractivity contribution in [2.24, 2.45) is 0 Å². The minimum absolute atomic E-state index is 0.0585. The molecule has 2 aliphatic heterocycles. The molecule has 0 radical (unpaired) electrons. The topological polar surface area (TPSA) is 93.0 Å². The van der Waals surface area contributed by atoms with Gasteiger partial charge in [-0.15, -0.1) is 0 Å². The lowest BCUT2D eigenvalue weighted by molar-refractivity contribution is -0.384. The minimum Gasteiger partial charge on any atom is -0.464 e. The first kappa shape index (κ1) is 21.4. The number of amides is 1. The van der Waals surface area contributed by atoms with Crippen LogP contribution >= 0.6 is 11.8 Å². The zero-order valence-electron chi connectivity index (χ0n) is 16.7. The van der Waals surface area contributed by atoms with Crippen LogP contribution in [0.3, 0.4) is 0 Å². The van der Waals surface area contributed by atoms with Crippen LogP contribution in [0.15, 0.2) is 18.2 Å². The Morgan fingerprint density at radius 1 is 1.21 bits per heavy atom. The number of hydrogen-bond donors (Lipinski definition) is 0. The number of benzene rings is 1. The molecule has 9 heteroatoms. The predicted octanol–water partition coefficient (Wildman–Crippen LogP) is 3.10. The second-order valence-corrected chi connectivity index (χ2v) is 8.35. The Kier molecular flexibility index (Phi) is 7.35. The number of anilines is 1. The monoisotopic (exact) mass is 421 g/mol. The number of nitro groups is 1. The number of carbonyl (C=O) groups excluding carboxylic acids is 2. The number of esters is 1. The zero-order valence-corrected chi connectivity index (χ0v) is 17.5. The molecule has 2 heterocycles. The van der Waals surface area contributed by atoms with Crippen molar-refractivity contribution in [3.05, 3.63) is 33.9 Å². The van der Waals surface area contributed by atoms with Gasteiger partial charge in [0.2, 0.25) is 0 Å². The number of thioether (sulfide) groups is 1. The molecule has 29 heavy (non-hydrogen) atoms. The number of nitro benzene ring substituents is 1. The Bertz CT molecular complexity index is 764. The molecule has 0 N–H and O–H groups in total. The molecular weight excluding hydrogens is 394 g/mol. The van der Waals surface area contributed by atoms with Gasteiger partial charge in [0.25, 0.3) is 11.6 Å². The summed E-state index contributed by atoms with van der Waals surface area (Å²) in [5.74, 6) is 0.395. The van der Waals surface area contributed by atoms with Crippen LogP contribution in [0.2, 0.25) is 0 Å². The summed E-state index contributed by atoms with van der Waals surface area (Å²) in [5, 5.41) is 11.7. The van der Waals surface area contributed by atoms with Gasteiger partial charge in [-0.05, 0) is 31.9 Å². The maximum atomic E-state index is 13.1. The van der Waals surface area contributed by atoms with Crippen LogP contribution < -0.4 is 4.90 Å². The van der Waals surface area contributed by atoms with Crippen LogP contribution in [0.1, 0.15) is 43.0 Å². The molecule has 2 aliphatic rings. The number of nitrogens with zero attached hydrogens (tertiary/aromatic N) is 3. The average molecular weight is 422 g/mol. The third-order valence-electron chi connectivity index (χ3n) is 5.31. The van der Waals surface area contributed by atoms with Gasteiger partial charge in [0.1, 0.15) is 11.7 Å². The summed E-state index contributed by atoms with van der Waals surface area (Å²) in [6.45, 7) is 3.95. The molecule has 158 valence electrons. The van der Waals surface area contributed by atoms with E-state index in [1.807, 2.05) is 4.90 Å². The molecule has 0 aliphatic carbocycles. The van der Waals surface area contributed by atoms with E-state index in [0.29, 0.717) is 18.0 Å². The van der Waals surface area contributed by atoms with Crippen LogP contribution in [0.25, 0.3) is 0 Å². The highest BCUT2D eigenvalue weighted by atomic mass is 32.2. The van der Waals surface area contributed by atoms with Gasteiger partial charge in [-0.2, -0.15) is 11.8 Å². The molecule has 1 unspecified atom stereocenters. The molecule has 2 saturated heterocycles. The van der Waals surface area contributed by atoms with Gasteiger partial charge in [-0.3, -0.25) is 14.9 Å². The van der Waals surface area contributed by atoms with Gasteiger partial charge >= 0.3 is 5.97 Å². The van der Waals surface area contributed by atoms with Crippen LogP contribution in [0.4, 0.5) is 11.4 Å². The summed E-state index contributed by atoms with van der Waals surface area (Å²) in [4.78, 5) is 40.2. The number of rotatable bonds is 5. The van der Waals surface area contributed by atoms with Gasteiger partial charge in [0.05, 0.1) is 11.5 Å². The molecule has 1 amide bonds. The number of ether oxygens (including phenoxy) is 1. The quantitative estimate of drug-likeness (QED) is 0.410. The van der Waals surface area contributed by atoms with E-state index >= 15 is 0 Å². The number of hydrogen-bond acceptors (Lipinski definition) is 7. The Hall–Kier alpha value is -2.29. The van der Waals surface area contributed by atoms with Crippen molar-refractivity contribution in [3.63, 3.8) is 0 Å². The molecule has 1 aromatic carbocycles. The lowest BCUT2D eigenvalue weighted by atomic mass is 10.1. The van der Waals surface area contributed by atoms with E-state index in [1.54, 1.807) is 30.8 Å². The molecule has 0 aromatic heterocycles.